The number of fused-ring (bicyclic) bond motifs is 1. The number of hydrogen-bond donors (Lipinski definition) is 1. The van der Waals surface area contributed by atoms with Crippen molar-refractivity contribution < 1.29 is 4.86 Å². The van der Waals surface area contributed by atoms with E-state index in [0.717, 1.165) is 11.3 Å². The molecule has 0 radical (unpaired) electrons. The van der Waals surface area contributed by atoms with Crippen molar-refractivity contribution in [2.45, 2.75) is 6.54 Å². The lowest BCUT2D eigenvalue weighted by Gasteiger charge is -2.12. The fourth-order valence-corrected chi connectivity index (χ4v) is 1.25. The van der Waals surface area contributed by atoms with Crippen LogP contribution >= 0.6 is 11.6 Å². The van der Waals surface area contributed by atoms with Gasteiger partial charge in [0.2, 0.25) is 0 Å². The molecule has 0 spiro atoms. The summed E-state index contributed by atoms with van der Waals surface area (Å²) < 4.78 is 0. The lowest BCUT2D eigenvalue weighted by atomic mass is 10.2. The third-order valence-electron chi connectivity index (χ3n) is 1.66. The van der Waals surface area contributed by atoms with Gasteiger partial charge in [0.05, 0.1) is 5.22 Å². The average Bonchev–Trinajstić information content (AvgIpc) is 2.05. The molecule has 1 aromatic rings. The maximum absolute atomic E-state index is 10.8. The van der Waals surface area contributed by atoms with Crippen LogP contribution < -0.4 is 5.43 Å². The molecule has 1 aliphatic heterocycles. The zero-order valence-corrected chi connectivity index (χ0v) is 6.88. The molecular formula is C7H6ClN3O. The first-order valence-corrected chi connectivity index (χ1v) is 3.83. The van der Waals surface area contributed by atoms with Gasteiger partial charge >= 0.3 is 0 Å². The van der Waals surface area contributed by atoms with Crippen LogP contribution in [0.4, 0.5) is 5.69 Å². The molecule has 0 saturated heterocycles. The highest BCUT2D eigenvalue weighted by molar-refractivity contribution is 6.30. The number of benzene rings is 1. The van der Waals surface area contributed by atoms with Gasteiger partial charge in [-0.25, -0.2) is 0 Å². The highest BCUT2D eigenvalue weighted by atomic mass is 35.5. The van der Waals surface area contributed by atoms with Crippen molar-refractivity contribution in [2.75, 3.05) is 5.43 Å². The van der Waals surface area contributed by atoms with Crippen LogP contribution in [0.15, 0.2) is 23.4 Å². The second kappa shape index (κ2) is 2.64. The summed E-state index contributed by atoms with van der Waals surface area (Å²) in [6, 6.07) is 5.30. The van der Waals surface area contributed by atoms with Crippen LogP contribution in [0.25, 0.3) is 0 Å². The van der Waals surface area contributed by atoms with Gasteiger partial charge in [-0.1, -0.05) is 11.6 Å². The molecule has 1 N–H and O–H groups in total. The molecule has 0 atom stereocenters. The van der Waals surface area contributed by atoms with Crippen molar-refractivity contribution in [3.63, 3.8) is 0 Å². The first-order valence-electron chi connectivity index (χ1n) is 3.45. The van der Waals surface area contributed by atoms with Gasteiger partial charge in [-0.2, -0.15) is 4.86 Å². The van der Waals surface area contributed by atoms with Crippen LogP contribution in [-0.4, -0.2) is 4.86 Å². The molecule has 4 nitrogen and oxygen atoms in total. The van der Waals surface area contributed by atoms with Gasteiger partial charge in [-0.15, -0.1) is 5.43 Å². The van der Waals surface area contributed by atoms with Crippen LogP contribution in [-0.2, 0) is 6.54 Å². The fraction of sp³-hybridized carbons (Fsp3) is 0.143. The van der Waals surface area contributed by atoms with Crippen molar-refractivity contribution in [1.29, 1.82) is 0 Å². The van der Waals surface area contributed by atoms with E-state index in [1.165, 1.54) is 0 Å². The fourth-order valence-electron chi connectivity index (χ4n) is 1.08. The van der Waals surface area contributed by atoms with E-state index in [1.54, 1.807) is 12.1 Å². The summed E-state index contributed by atoms with van der Waals surface area (Å²) in [6.07, 6.45) is 0. The molecule has 0 aliphatic carbocycles. The number of nitrogens with zero attached hydrogens (tertiary/aromatic N) is 2. The van der Waals surface area contributed by atoms with E-state index in [1.807, 2.05) is 6.07 Å². The van der Waals surface area contributed by atoms with Gasteiger partial charge in [0, 0.05) is 16.7 Å². The summed E-state index contributed by atoms with van der Waals surface area (Å²) >= 11 is 5.74. The largest absolute Gasteiger partial charge is 0.696 e. The molecule has 1 aromatic carbocycles. The number of hydrogen-bond acceptors (Lipinski definition) is 3. The molecule has 1 aliphatic rings. The minimum Gasteiger partial charge on any atom is -0.696 e. The molecule has 1 heterocycles. The van der Waals surface area contributed by atoms with Crippen LogP contribution in [0.1, 0.15) is 5.56 Å². The first kappa shape index (κ1) is 7.36. The maximum Gasteiger partial charge on any atom is 0.155 e. The third kappa shape index (κ3) is 1.21. The Kier molecular flexibility index (Phi) is 1.62. The second-order valence-electron chi connectivity index (χ2n) is 2.52. The van der Waals surface area contributed by atoms with Crippen LogP contribution in [0.2, 0.25) is 5.02 Å². The Morgan fingerprint density at radius 2 is 2.42 bits per heavy atom. The predicted octanol–water partition coefficient (Wildman–Crippen LogP) is 2.14. The van der Waals surface area contributed by atoms with E-state index in [9.17, 15) is 5.21 Å². The number of nitrogens with one attached hydrogen (secondary N) is 1. The van der Waals surface area contributed by atoms with Gasteiger partial charge in [-0.05, 0) is 12.1 Å². The van der Waals surface area contributed by atoms with Gasteiger partial charge in [0.15, 0.2) is 5.69 Å². The van der Waals surface area contributed by atoms with E-state index >= 15 is 0 Å². The van der Waals surface area contributed by atoms with E-state index in [2.05, 4.69) is 10.6 Å². The Bertz CT molecular complexity index is 351. The molecule has 5 heteroatoms. The molecule has 12 heavy (non-hydrogen) atoms. The summed E-state index contributed by atoms with van der Waals surface area (Å²) in [5.74, 6) is 0. The summed E-state index contributed by atoms with van der Waals surface area (Å²) in [6.45, 7) is 0.277. The maximum atomic E-state index is 10.8. The molecular weight excluding hydrogens is 178 g/mol. The quantitative estimate of drug-likeness (QED) is 0.495. The summed E-state index contributed by atoms with van der Waals surface area (Å²) in [5, 5.41) is 14.9. The van der Waals surface area contributed by atoms with Crippen molar-refractivity contribution >= 4 is 17.3 Å². The van der Waals surface area contributed by atoms with Crippen LogP contribution in [0, 0.1) is 5.21 Å². The van der Waals surface area contributed by atoms with Crippen molar-refractivity contribution in [3.8, 4) is 0 Å². The first-order chi connectivity index (χ1) is 5.75. The standard InChI is InChI=1S/C7H6ClN3O/c8-6-2-1-5-4-11(12)10-9-7(5)3-6/h1-3,9H,4H2. The second-order valence-corrected chi connectivity index (χ2v) is 2.96. The molecule has 0 bridgehead atoms. The summed E-state index contributed by atoms with van der Waals surface area (Å²) in [4.78, 5) is 0.593. The molecule has 0 amide bonds. The monoisotopic (exact) mass is 183 g/mol. The van der Waals surface area contributed by atoms with Gasteiger partial charge in [0.1, 0.15) is 6.54 Å². The lowest BCUT2D eigenvalue weighted by Crippen LogP contribution is -2.11. The Hall–Kier alpha value is -1.29. The van der Waals surface area contributed by atoms with Gasteiger partial charge < -0.3 is 5.21 Å². The van der Waals surface area contributed by atoms with Crippen molar-refractivity contribution in [1.82, 2.24) is 0 Å². The van der Waals surface area contributed by atoms with Crippen molar-refractivity contribution in [2.24, 2.45) is 5.22 Å². The Morgan fingerprint density at radius 3 is 3.25 bits per heavy atom. The predicted molar refractivity (Wildman–Crippen MR) is 44.8 cm³/mol. The van der Waals surface area contributed by atoms with Gasteiger partial charge in [0.25, 0.3) is 0 Å². The topological polar surface area (TPSA) is 50.5 Å². The van der Waals surface area contributed by atoms with E-state index in [4.69, 9.17) is 11.6 Å². The number of rotatable bonds is 0. The van der Waals surface area contributed by atoms with E-state index < -0.39 is 0 Å². The highest BCUT2D eigenvalue weighted by Gasteiger charge is 2.13. The zero-order chi connectivity index (χ0) is 8.55. The normalized spacial score (nSPS) is 14.6. The van der Waals surface area contributed by atoms with E-state index in [-0.39, 0.29) is 6.54 Å². The number of hydroxylamine groups is 1. The molecule has 2 rings (SSSR count). The zero-order valence-electron chi connectivity index (χ0n) is 6.12. The van der Waals surface area contributed by atoms with Crippen LogP contribution in [0.3, 0.4) is 0 Å². The number of halogens is 1. The average molecular weight is 184 g/mol. The SMILES string of the molecule is [O-][N+]1=NNc2cc(Cl)ccc2C1. The smallest absolute Gasteiger partial charge is 0.155 e. The Labute approximate surface area is 74.0 Å². The third-order valence-corrected chi connectivity index (χ3v) is 1.89. The van der Waals surface area contributed by atoms with Crippen LogP contribution in [0.5, 0.6) is 0 Å². The summed E-state index contributed by atoms with van der Waals surface area (Å²) in [5.41, 5.74) is 4.31. The highest BCUT2D eigenvalue weighted by Crippen LogP contribution is 2.23. The molecule has 0 unspecified atom stereocenters. The number of anilines is 1. The minimum absolute atomic E-state index is 0.277. The van der Waals surface area contributed by atoms with E-state index in [0.29, 0.717) is 9.88 Å². The molecule has 0 fully saturated rings. The Morgan fingerprint density at radius 1 is 1.58 bits per heavy atom. The minimum atomic E-state index is 0.277. The lowest BCUT2D eigenvalue weighted by molar-refractivity contribution is -0.546. The summed E-state index contributed by atoms with van der Waals surface area (Å²) in [7, 11) is 0. The Balaban J connectivity index is 2.43. The van der Waals surface area contributed by atoms with Crippen molar-refractivity contribution in [3.05, 3.63) is 34.0 Å². The molecule has 62 valence electrons. The van der Waals surface area contributed by atoms with Gasteiger partial charge in [-0.3, -0.25) is 0 Å². The molecule has 0 aromatic heterocycles. The molecule has 0 saturated carbocycles.